The number of ether oxygens (including phenoxy) is 4. The Morgan fingerprint density at radius 3 is 1.33 bits per heavy atom. The fraction of sp³-hybridized carbons (Fsp3) is 0.179. The van der Waals surface area contributed by atoms with Gasteiger partial charge in [-0.05, 0) is 16.7 Å². The SMILES string of the molecule is O=C(Cc1ccccc1)OCOC(=O)NC(=NCc1ccccc1)NC(=O)OCOC(=O)Cc1ccccc1. The number of nitrogens with zero attached hydrogens (tertiary/aromatic N) is 1. The molecule has 202 valence electrons. The van der Waals surface area contributed by atoms with Crippen molar-refractivity contribution in [2.24, 2.45) is 4.99 Å². The highest BCUT2D eigenvalue weighted by atomic mass is 16.7. The van der Waals surface area contributed by atoms with E-state index in [0.717, 1.165) is 16.7 Å². The summed E-state index contributed by atoms with van der Waals surface area (Å²) in [6.45, 7) is -1.19. The summed E-state index contributed by atoms with van der Waals surface area (Å²) in [5.74, 6) is -1.47. The van der Waals surface area contributed by atoms with Crippen LogP contribution in [0.3, 0.4) is 0 Å². The third-order valence-electron chi connectivity index (χ3n) is 4.91. The van der Waals surface area contributed by atoms with Crippen LogP contribution in [-0.4, -0.2) is 43.7 Å². The molecule has 0 fully saturated rings. The van der Waals surface area contributed by atoms with Crippen molar-refractivity contribution in [1.29, 1.82) is 0 Å². The third kappa shape index (κ3) is 11.6. The molecule has 0 aliphatic rings. The lowest BCUT2D eigenvalue weighted by atomic mass is 10.2. The van der Waals surface area contributed by atoms with Crippen molar-refractivity contribution in [3.05, 3.63) is 108 Å². The van der Waals surface area contributed by atoms with Crippen molar-refractivity contribution in [3.63, 3.8) is 0 Å². The van der Waals surface area contributed by atoms with E-state index in [1.165, 1.54) is 0 Å². The van der Waals surface area contributed by atoms with E-state index in [1.54, 1.807) is 60.7 Å². The molecule has 0 aromatic heterocycles. The molecule has 0 unspecified atom stereocenters. The van der Waals surface area contributed by atoms with E-state index in [-0.39, 0.29) is 25.3 Å². The van der Waals surface area contributed by atoms with E-state index in [4.69, 9.17) is 18.9 Å². The van der Waals surface area contributed by atoms with Crippen molar-refractivity contribution in [1.82, 2.24) is 10.6 Å². The Labute approximate surface area is 224 Å². The van der Waals surface area contributed by atoms with Crippen LogP contribution < -0.4 is 10.6 Å². The Kier molecular flexibility index (Phi) is 11.5. The first-order chi connectivity index (χ1) is 19.0. The molecule has 0 radical (unpaired) electrons. The number of esters is 2. The van der Waals surface area contributed by atoms with E-state index in [0.29, 0.717) is 0 Å². The Morgan fingerprint density at radius 1 is 0.538 bits per heavy atom. The largest absolute Gasteiger partial charge is 0.428 e. The maximum atomic E-state index is 12.2. The van der Waals surface area contributed by atoms with Gasteiger partial charge in [-0.2, -0.15) is 0 Å². The Hall–Kier alpha value is -5.19. The molecule has 0 aliphatic heterocycles. The highest BCUT2D eigenvalue weighted by Gasteiger charge is 2.14. The number of carbonyl (C=O) groups is 4. The van der Waals surface area contributed by atoms with Gasteiger partial charge in [0.1, 0.15) is 0 Å². The van der Waals surface area contributed by atoms with E-state index in [9.17, 15) is 19.2 Å². The highest BCUT2D eigenvalue weighted by Crippen LogP contribution is 2.03. The Balaban J connectivity index is 1.45. The molecule has 3 aromatic carbocycles. The summed E-state index contributed by atoms with van der Waals surface area (Å²) < 4.78 is 19.5. The number of amides is 2. The molecule has 2 N–H and O–H groups in total. The lowest BCUT2D eigenvalue weighted by Gasteiger charge is -2.12. The molecule has 3 rings (SSSR count). The van der Waals surface area contributed by atoms with Crippen LogP contribution in [-0.2, 0) is 47.9 Å². The first-order valence-corrected chi connectivity index (χ1v) is 11.8. The fourth-order valence-corrected chi connectivity index (χ4v) is 3.05. The van der Waals surface area contributed by atoms with Crippen molar-refractivity contribution in [3.8, 4) is 0 Å². The summed E-state index contributed by atoms with van der Waals surface area (Å²) in [4.78, 5) is 52.4. The summed E-state index contributed by atoms with van der Waals surface area (Å²) in [6, 6.07) is 26.9. The Morgan fingerprint density at radius 2 is 0.923 bits per heavy atom. The smallest absolute Gasteiger partial charge is 0.416 e. The lowest BCUT2D eigenvalue weighted by molar-refractivity contribution is -0.152. The first-order valence-electron chi connectivity index (χ1n) is 11.8. The Bertz CT molecular complexity index is 1180. The summed E-state index contributed by atoms with van der Waals surface area (Å²) in [6.07, 6.45) is -2.05. The number of hydrogen-bond donors (Lipinski definition) is 2. The van der Waals surface area contributed by atoms with Crippen LogP contribution in [0.5, 0.6) is 0 Å². The number of aliphatic imine (C=N–C) groups is 1. The number of carbonyl (C=O) groups excluding carboxylic acids is 4. The minimum atomic E-state index is -1.04. The minimum absolute atomic E-state index is 0.0128. The van der Waals surface area contributed by atoms with Gasteiger partial charge in [0, 0.05) is 0 Å². The molecule has 39 heavy (non-hydrogen) atoms. The van der Waals surface area contributed by atoms with Crippen LogP contribution in [0.2, 0.25) is 0 Å². The molecule has 0 heterocycles. The van der Waals surface area contributed by atoms with Gasteiger partial charge < -0.3 is 18.9 Å². The summed E-state index contributed by atoms with van der Waals surface area (Å²) >= 11 is 0. The second kappa shape index (κ2) is 15.8. The van der Waals surface area contributed by atoms with Crippen molar-refractivity contribution in [2.45, 2.75) is 19.4 Å². The van der Waals surface area contributed by atoms with E-state index >= 15 is 0 Å². The predicted octanol–water partition coefficient (Wildman–Crippen LogP) is 3.48. The van der Waals surface area contributed by atoms with E-state index in [2.05, 4.69) is 15.6 Å². The zero-order valence-corrected chi connectivity index (χ0v) is 20.9. The monoisotopic (exact) mass is 533 g/mol. The fourth-order valence-electron chi connectivity index (χ4n) is 3.05. The molecule has 0 bridgehead atoms. The van der Waals surface area contributed by atoms with Crippen LogP contribution in [0.25, 0.3) is 0 Å². The number of hydrogen-bond acceptors (Lipinski definition) is 9. The van der Waals surface area contributed by atoms with Crippen molar-refractivity contribution < 1.29 is 38.1 Å². The number of guanidine groups is 1. The maximum absolute atomic E-state index is 12.2. The molecule has 0 spiro atoms. The average Bonchev–Trinajstić information content (AvgIpc) is 2.93. The third-order valence-corrected chi connectivity index (χ3v) is 4.91. The van der Waals surface area contributed by atoms with Crippen LogP contribution in [0.4, 0.5) is 9.59 Å². The normalized spacial score (nSPS) is 9.95. The second-order valence-electron chi connectivity index (χ2n) is 7.86. The first kappa shape index (κ1) is 28.4. The number of rotatable bonds is 10. The standard InChI is InChI=1S/C28H27N3O8/c32-24(16-21-10-4-1-5-11-21)36-19-38-27(34)30-26(29-18-23-14-8-3-9-15-23)31-28(35)39-20-37-25(33)17-22-12-6-2-7-13-22/h1-15H,16-20H2,(H2,29,30,31,34,35). The van der Waals surface area contributed by atoms with Crippen LogP contribution >= 0.6 is 0 Å². The van der Waals surface area contributed by atoms with Gasteiger partial charge in [0.25, 0.3) is 0 Å². The van der Waals surface area contributed by atoms with E-state index in [1.807, 2.05) is 30.3 Å². The van der Waals surface area contributed by atoms with Gasteiger partial charge in [-0.3, -0.25) is 20.2 Å². The number of alkyl carbamates (subject to hydrolysis) is 2. The molecule has 3 aromatic rings. The number of nitrogens with one attached hydrogen (secondary N) is 2. The molecule has 0 atom stereocenters. The molecular formula is C28H27N3O8. The molecule has 0 saturated carbocycles. The topological polar surface area (TPSA) is 142 Å². The molecule has 11 nitrogen and oxygen atoms in total. The quantitative estimate of drug-likeness (QED) is 0.175. The van der Waals surface area contributed by atoms with Gasteiger partial charge in [0.05, 0.1) is 19.4 Å². The van der Waals surface area contributed by atoms with Crippen LogP contribution in [0.1, 0.15) is 16.7 Å². The van der Waals surface area contributed by atoms with Crippen LogP contribution in [0, 0.1) is 0 Å². The van der Waals surface area contributed by atoms with Gasteiger partial charge in [-0.25, -0.2) is 14.6 Å². The molecule has 0 saturated heterocycles. The zero-order chi connectivity index (χ0) is 27.7. The second-order valence-corrected chi connectivity index (χ2v) is 7.86. The molecule has 11 heteroatoms. The molecule has 0 aliphatic carbocycles. The maximum Gasteiger partial charge on any atom is 0.416 e. The van der Waals surface area contributed by atoms with Gasteiger partial charge in [-0.1, -0.05) is 91.0 Å². The van der Waals surface area contributed by atoms with E-state index < -0.39 is 37.7 Å². The molecule has 2 amide bonds. The van der Waals surface area contributed by atoms with Gasteiger partial charge in [0.15, 0.2) is 0 Å². The predicted molar refractivity (Wildman–Crippen MR) is 139 cm³/mol. The van der Waals surface area contributed by atoms with Crippen molar-refractivity contribution in [2.75, 3.05) is 13.6 Å². The van der Waals surface area contributed by atoms with Gasteiger partial charge in [0.2, 0.25) is 19.5 Å². The average molecular weight is 534 g/mol. The van der Waals surface area contributed by atoms with Crippen LogP contribution in [0.15, 0.2) is 96.0 Å². The van der Waals surface area contributed by atoms with Gasteiger partial charge in [-0.15, -0.1) is 0 Å². The van der Waals surface area contributed by atoms with Crippen molar-refractivity contribution >= 4 is 30.1 Å². The summed E-state index contributed by atoms with van der Waals surface area (Å²) in [5.41, 5.74) is 2.29. The summed E-state index contributed by atoms with van der Waals surface area (Å²) in [7, 11) is 0. The molecular weight excluding hydrogens is 506 g/mol. The number of benzene rings is 3. The van der Waals surface area contributed by atoms with Gasteiger partial charge >= 0.3 is 24.1 Å². The minimum Gasteiger partial charge on any atom is -0.428 e. The lowest BCUT2D eigenvalue weighted by Crippen LogP contribution is -2.44. The highest BCUT2D eigenvalue weighted by molar-refractivity contribution is 6.01. The summed E-state index contributed by atoms with van der Waals surface area (Å²) in [5, 5.41) is 4.50. The zero-order valence-electron chi connectivity index (χ0n) is 20.9.